The summed E-state index contributed by atoms with van der Waals surface area (Å²) in [4.78, 5) is 29.7. The molecule has 1 N–H and O–H groups in total. The van der Waals surface area contributed by atoms with E-state index in [-0.39, 0.29) is 11.5 Å². The van der Waals surface area contributed by atoms with Gasteiger partial charge in [-0.25, -0.2) is 4.68 Å². The lowest BCUT2D eigenvalue weighted by atomic mass is 9.81. The Labute approximate surface area is 134 Å². The van der Waals surface area contributed by atoms with Gasteiger partial charge in [-0.05, 0) is 24.8 Å². The van der Waals surface area contributed by atoms with Gasteiger partial charge in [-0.2, -0.15) is 5.10 Å². The molecule has 1 fully saturated rings. The van der Waals surface area contributed by atoms with Gasteiger partial charge in [0.1, 0.15) is 0 Å². The van der Waals surface area contributed by atoms with Crippen molar-refractivity contribution in [2.75, 3.05) is 6.54 Å². The summed E-state index contributed by atoms with van der Waals surface area (Å²) in [5.41, 5.74) is 3.52. The first-order valence-electron chi connectivity index (χ1n) is 8.16. The molecule has 1 amide bonds. The standard InChI is InChI=1S/C17H20N4O2/c1-20-15(22)9-12-10-21(8-6-14(12)19-20)17(23)13-5-7-18-16(13)11-3-2-4-11/h5,7,9,11,18H,2-4,6,8,10H2,1H3. The number of rotatable bonds is 2. The summed E-state index contributed by atoms with van der Waals surface area (Å²) in [5.74, 6) is 0.550. The molecule has 0 spiro atoms. The van der Waals surface area contributed by atoms with Crippen molar-refractivity contribution >= 4 is 5.91 Å². The molecule has 1 saturated carbocycles. The van der Waals surface area contributed by atoms with Crippen molar-refractivity contribution in [3.05, 3.63) is 51.2 Å². The lowest BCUT2D eigenvalue weighted by molar-refractivity contribution is 0.0730. The van der Waals surface area contributed by atoms with E-state index >= 15 is 0 Å². The normalized spacial score (nSPS) is 17.7. The van der Waals surface area contributed by atoms with E-state index in [4.69, 9.17) is 0 Å². The molecule has 0 atom stereocenters. The maximum atomic E-state index is 12.9. The Hall–Kier alpha value is -2.37. The molecule has 0 unspecified atom stereocenters. The summed E-state index contributed by atoms with van der Waals surface area (Å²) in [7, 11) is 1.66. The van der Waals surface area contributed by atoms with Crippen LogP contribution in [0.15, 0.2) is 23.1 Å². The zero-order valence-electron chi connectivity index (χ0n) is 13.2. The fourth-order valence-corrected chi connectivity index (χ4v) is 3.44. The van der Waals surface area contributed by atoms with Crippen LogP contribution in [0.2, 0.25) is 0 Å². The highest BCUT2D eigenvalue weighted by Crippen LogP contribution is 2.37. The lowest BCUT2D eigenvalue weighted by Crippen LogP contribution is -2.38. The van der Waals surface area contributed by atoms with Crippen LogP contribution in [0.1, 0.15) is 52.5 Å². The van der Waals surface area contributed by atoms with E-state index in [0.29, 0.717) is 25.4 Å². The quantitative estimate of drug-likeness (QED) is 0.915. The smallest absolute Gasteiger partial charge is 0.266 e. The Bertz CT molecular complexity index is 816. The van der Waals surface area contributed by atoms with Crippen LogP contribution in [0.5, 0.6) is 0 Å². The van der Waals surface area contributed by atoms with Gasteiger partial charge in [-0.3, -0.25) is 9.59 Å². The number of carbonyl (C=O) groups is 1. The number of aryl methyl sites for hydroxylation is 1. The fourth-order valence-electron chi connectivity index (χ4n) is 3.44. The van der Waals surface area contributed by atoms with Crippen molar-refractivity contribution in [2.24, 2.45) is 7.05 Å². The van der Waals surface area contributed by atoms with Crippen LogP contribution in [-0.2, 0) is 20.0 Å². The number of carbonyl (C=O) groups excluding carboxylic acids is 1. The van der Waals surface area contributed by atoms with Crippen LogP contribution < -0.4 is 5.56 Å². The van der Waals surface area contributed by atoms with Crippen molar-refractivity contribution in [3.63, 3.8) is 0 Å². The van der Waals surface area contributed by atoms with E-state index in [9.17, 15) is 9.59 Å². The highest BCUT2D eigenvalue weighted by Gasteiger charge is 2.29. The van der Waals surface area contributed by atoms with Crippen molar-refractivity contribution in [1.82, 2.24) is 19.7 Å². The molecular formula is C17H20N4O2. The Morgan fingerprint density at radius 2 is 2.22 bits per heavy atom. The van der Waals surface area contributed by atoms with Gasteiger partial charge >= 0.3 is 0 Å². The number of aromatic amines is 1. The minimum atomic E-state index is -0.130. The average Bonchev–Trinajstić information content (AvgIpc) is 2.94. The molecule has 0 aromatic carbocycles. The summed E-state index contributed by atoms with van der Waals surface area (Å²) in [6, 6.07) is 3.49. The van der Waals surface area contributed by atoms with Crippen LogP contribution in [0, 0.1) is 0 Å². The summed E-state index contributed by atoms with van der Waals surface area (Å²) >= 11 is 0. The van der Waals surface area contributed by atoms with Crippen LogP contribution in [-0.4, -0.2) is 32.1 Å². The topological polar surface area (TPSA) is 71.0 Å². The van der Waals surface area contributed by atoms with E-state index in [1.165, 1.54) is 11.1 Å². The van der Waals surface area contributed by atoms with Crippen molar-refractivity contribution < 1.29 is 4.79 Å². The molecule has 0 saturated heterocycles. The SMILES string of the molecule is Cn1nc2c(cc1=O)CN(C(=O)c1cc[nH]c1C1CCC1)CC2. The molecule has 0 bridgehead atoms. The number of H-pyrrole nitrogens is 1. The summed E-state index contributed by atoms with van der Waals surface area (Å²) in [6.07, 6.45) is 6.10. The molecule has 6 heteroatoms. The molecule has 120 valence electrons. The number of hydrogen-bond acceptors (Lipinski definition) is 3. The number of nitrogens with zero attached hydrogens (tertiary/aromatic N) is 3. The van der Waals surface area contributed by atoms with Gasteiger partial charge in [-0.15, -0.1) is 0 Å². The first-order valence-corrected chi connectivity index (χ1v) is 8.16. The van der Waals surface area contributed by atoms with Gasteiger partial charge in [0.05, 0.1) is 11.3 Å². The molecule has 6 nitrogen and oxygen atoms in total. The fraction of sp³-hybridized carbons (Fsp3) is 0.471. The molecule has 4 rings (SSSR count). The lowest BCUT2D eigenvalue weighted by Gasteiger charge is -2.30. The predicted molar refractivity (Wildman–Crippen MR) is 85.3 cm³/mol. The molecule has 1 aliphatic heterocycles. The molecule has 2 aliphatic rings. The molecular weight excluding hydrogens is 292 g/mol. The Kier molecular flexibility index (Phi) is 3.32. The number of hydrogen-bond donors (Lipinski definition) is 1. The van der Waals surface area contributed by atoms with E-state index in [1.54, 1.807) is 13.1 Å². The minimum Gasteiger partial charge on any atom is -0.364 e. The van der Waals surface area contributed by atoms with Crippen molar-refractivity contribution in [2.45, 2.75) is 38.1 Å². The van der Waals surface area contributed by atoms with Crippen molar-refractivity contribution in [1.29, 1.82) is 0 Å². The number of fused-ring (bicyclic) bond motifs is 1. The molecule has 0 radical (unpaired) electrons. The van der Waals surface area contributed by atoms with Gasteiger partial charge in [0.15, 0.2) is 0 Å². The number of amides is 1. The molecule has 2 aromatic heterocycles. The molecule has 2 aromatic rings. The maximum absolute atomic E-state index is 12.9. The Balaban J connectivity index is 1.59. The van der Waals surface area contributed by atoms with Crippen LogP contribution >= 0.6 is 0 Å². The first kappa shape index (κ1) is 14.2. The number of aromatic nitrogens is 3. The largest absolute Gasteiger partial charge is 0.364 e. The van der Waals surface area contributed by atoms with Crippen LogP contribution in [0.25, 0.3) is 0 Å². The predicted octanol–water partition coefficient (Wildman–Crippen LogP) is 1.57. The van der Waals surface area contributed by atoms with Crippen LogP contribution in [0.4, 0.5) is 0 Å². The summed E-state index contributed by atoms with van der Waals surface area (Å²) in [6.45, 7) is 1.11. The van der Waals surface area contributed by atoms with E-state index < -0.39 is 0 Å². The average molecular weight is 312 g/mol. The maximum Gasteiger partial charge on any atom is 0.266 e. The molecule has 1 aliphatic carbocycles. The molecule has 23 heavy (non-hydrogen) atoms. The second-order valence-corrected chi connectivity index (χ2v) is 6.49. The summed E-state index contributed by atoms with van der Waals surface area (Å²) < 4.78 is 1.36. The van der Waals surface area contributed by atoms with E-state index in [0.717, 1.165) is 35.4 Å². The zero-order chi connectivity index (χ0) is 16.0. The summed E-state index contributed by atoms with van der Waals surface area (Å²) in [5, 5.41) is 4.30. The first-order chi connectivity index (χ1) is 11.1. The van der Waals surface area contributed by atoms with Gasteiger partial charge in [0.25, 0.3) is 11.5 Å². The minimum absolute atomic E-state index is 0.0551. The van der Waals surface area contributed by atoms with Crippen LogP contribution in [0.3, 0.4) is 0 Å². The zero-order valence-corrected chi connectivity index (χ0v) is 13.2. The van der Waals surface area contributed by atoms with Gasteiger partial charge in [0.2, 0.25) is 0 Å². The van der Waals surface area contributed by atoms with E-state index in [1.807, 2.05) is 17.2 Å². The van der Waals surface area contributed by atoms with Gasteiger partial charge < -0.3 is 9.88 Å². The number of nitrogens with one attached hydrogen (secondary N) is 1. The van der Waals surface area contributed by atoms with Gasteiger partial charge in [-0.1, -0.05) is 6.42 Å². The molecule has 3 heterocycles. The van der Waals surface area contributed by atoms with E-state index in [2.05, 4.69) is 10.1 Å². The second-order valence-electron chi connectivity index (χ2n) is 6.49. The monoisotopic (exact) mass is 312 g/mol. The third kappa shape index (κ3) is 2.38. The Morgan fingerprint density at radius 3 is 2.96 bits per heavy atom. The van der Waals surface area contributed by atoms with Crippen molar-refractivity contribution in [3.8, 4) is 0 Å². The highest BCUT2D eigenvalue weighted by molar-refractivity contribution is 5.95. The Morgan fingerprint density at radius 1 is 1.39 bits per heavy atom. The van der Waals surface area contributed by atoms with Gasteiger partial charge in [0, 0.05) is 50.1 Å². The third-order valence-electron chi connectivity index (χ3n) is 5.05. The third-order valence-corrected chi connectivity index (χ3v) is 5.05. The highest BCUT2D eigenvalue weighted by atomic mass is 16.2. The second kappa shape index (κ2) is 5.37.